The zero-order valence-electron chi connectivity index (χ0n) is 10.8. The molecule has 1 aliphatic rings. The van der Waals surface area contributed by atoms with Crippen LogP contribution in [0.4, 0.5) is 0 Å². The smallest absolute Gasteiger partial charge is 0.0982 e. The van der Waals surface area contributed by atoms with Crippen molar-refractivity contribution in [3.8, 4) is 0 Å². The summed E-state index contributed by atoms with van der Waals surface area (Å²) in [7, 11) is 0. The fourth-order valence-corrected chi connectivity index (χ4v) is 2.86. The van der Waals surface area contributed by atoms with Gasteiger partial charge in [0.1, 0.15) is 0 Å². The Balaban J connectivity index is 0.00000144. The molecule has 1 unspecified atom stereocenters. The highest BCUT2D eigenvalue weighted by Crippen LogP contribution is 2.26. The highest BCUT2D eigenvalue weighted by Gasteiger charge is 2.22. The highest BCUT2D eigenvalue weighted by atomic mass is 35.5. The lowest BCUT2D eigenvalue weighted by atomic mass is 9.98. The maximum atomic E-state index is 5.89. The van der Waals surface area contributed by atoms with Crippen LogP contribution in [0.2, 0.25) is 0 Å². The van der Waals surface area contributed by atoms with Gasteiger partial charge in [0.05, 0.1) is 10.7 Å². The summed E-state index contributed by atoms with van der Waals surface area (Å²) < 4.78 is 0. The molecule has 1 atom stereocenters. The van der Waals surface area contributed by atoms with E-state index in [1.54, 1.807) is 11.3 Å². The van der Waals surface area contributed by atoms with E-state index in [1.807, 2.05) is 0 Å². The predicted octanol–water partition coefficient (Wildman–Crippen LogP) is 2.40. The van der Waals surface area contributed by atoms with Gasteiger partial charge in [0.2, 0.25) is 0 Å². The summed E-state index contributed by atoms with van der Waals surface area (Å²) in [6.45, 7) is 9.72. The minimum Gasteiger partial charge on any atom is -0.326 e. The standard InChI is InChI=1S/C12H21N3S.ClH/c1-12(2,3)11-14-10(8-16-11)7-15-5-4-9(13)6-15;/h8-9H,4-7,13H2,1-3H3;1H. The number of thiazole rings is 1. The van der Waals surface area contributed by atoms with E-state index in [1.165, 1.54) is 10.7 Å². The van der Waals surface area contributed by atoms with E-state index >= 15 is 0 Å². The van der Waals surface area contributed by atoms with E-state index in [4.69, 9.17) is 10.7 Å². The molecule has 0 radical (unpaired) electrons. The Bertz CT molecular complexity index is 359. The van der Waals surface area contributed by atoms with Crippen molar-refractivity contribution in [3.63, 3.8) is 0 Å². The summed E-state index contributed by atoms with van der Waals surface area (Å²) in [6.07, 6.45) is 1.12. The average Bonchev–Trinajstić information content (AvgIpc) is 2.74. The van der Waals surface area contributed by atoms with Crippen LogP contribution < -0.4 is 5.73 Å². The van der Waals surface area contributed by atoms with E-state index in [-0.39, 0.29) is 17.8 Å². The Morgan fingerprint density at radius 2 is 2.24 bits per heavy atom. The monoisotopic (exact) mass is 275 g/mol. The third-order valence-corrected chi connectivity index (χ3v) is 4.20. The molecule has 1 aromatic heterocycles. The second-order valence-corrected chi connectivity index (χ2v) is 6.54. The lowest BCUT2D eigenvalue weighted by molar-refractivity contribution is 0.323. The summed E-state index contributed by atoms with van der Waals surface area (Å²) in [5.41, 5.74) is 7.26. The molecule has 0 bridgehead atoms. The Kier molecular flexibility index (Phi) is 4.95. The van der Waals surface area contributed by atoms with Gasteiger partial charge in [-0.15, -0.1) is 23.7 Å². The highest BCUT2D eigenvalue weighted by molar-refractivity contribution is 7.09. The lowest BCUT2D eigenvalue weighted by Crippen LogP contribution is -2.26. The van der Waals surface area contributed by atoms with Gasteiger partial charge in [-0.25, -0.2) is 4.98 Å². The topological polar surface area (TPSA) is 42.2 Å². The van der Waals surface area contributed by atoms with Crippen LogP contribution in [-0.2, 0) is 12.0 Å². The molecule has 0 aromatic carbocycles. The fourth-order valence-electron chi connectivity index (χ4n) is 1.96. The SMILES string of the molecule is CC(C)(C)c1nc(CN2CCC(N)C2)cs1.Cl. The first-order valence-corrected chi connectivity index (χ1v) is 6.76. The van der Waals surface area contributed by atoms with Crippen molar-refractivity contribution in [2.24, 2.45) is 5.73 Å². The predicted molar refractivity (Wildman–Crippen MR) is 75.9 cm³/mol. The summed E-state index contributed by atoms with van der Waals surface area (Å²) in [5.74, 6) is 0. The normalized spacial score (nSPS) is 21.5. The van der Waals surface area contributed by atoms with Crippen LogP contribution in [0.25, 0.3) is 0 Å². The number of hydrogen-bond acceptors (Lipinski definition) is 4. The molecule has 0 spiro atoms. The average molecular weight is 276 g/mol. The van der Waals surface area contributed by atoms with Gasteiger partial charge in [0, 0.05) is 36.5 Å². The third-order valence-electron chi connectivity index (χ3n) is 2.89. The molecule has 0 saturated carbocycles. The van der Waals surface area contributed by atoms with Crippen LogP contribution in [0.15, 0.2) is 5.38 Å². The van der Waals surface area contributed by atoms with E-state index in [9.17, 15) is 0 Å². The molecular formula is C12H22ClN3S. The van der Waals surface area contributed by atoms with Crippen molar-refractivity contribution in [1.82, 2.24) is 9.88 Å². The number of nitrogens with two attached hydrogens (primary N) is 1. The maximum absolute atomic E-state index is 5.89. The molecule has 1 fully saturated rings. The summed E-state index contributed by atoms with van der Waals surface area (Å²) >= 11 is 1.77. The molecule has 98 valence electrons. The molecule has 2 heterocycles. The number of likely N-dealkylation sites (tertiary alicyclic amines) is 1. The first-order valence-electron chi connectivity index (χ1n) is 5.88. The number of aromatic nitrogens is 1. The molecule has 5 heteroatoms. The second kappa shape index (κ2) is 5.65. The molecule has 3 nitrogen and oxygen atoms in total. The first kappa shape index (κ1) is 14.9. The minimum atomic E-state index is 0. The third kappa shape index (κ3) is 3.91. The minimum absolute atomic E-state index is 0. The van der Waals surface area contributed by atoms with Gasteiger partial charge in [-0.2, -0.15) is 0 Å². The van der Waals surface area contributed by atoms with Crippen molar-refractivity contribution >= 4 is 23.7 Å². The van der Waals surface area contributed by atoms with Gasteiger partial charge in [-0.05, 0) is 6.42 Å². The Morgan fingerprint density at radius 3 is 2.71 bits per heavy atom. The van der Waals surface area contributed by atoms with Crippen LogP contribution in [0, 0.1) is 0 Å². The van der Waals surface area contributed by atoms with Crippen LogP contribution in [0.1, 0.15) is 37.9 Å². The Labute approximate surface area is 114 Å². The van der Waals surface area contributed by atoms with Crippen molar-refractivity contribution in [1.29, 1.82) is 0 Å². The van der Waals surface area contributed by atoms with Gasteiger partial charge in [0.15, 0.2) is 0 Å². The largest absolute Gasteiger partial charge is 0.326 e. The number of rotatable bonds is 2. The second-order valence-electron chi connectivity index (χ2n) is 5.68. The van der Waals surface area contributed by atoms with Crippen molar-refractivity contribution < 1.29 is 0 Å². The van der Waals surface area contributed by atoms with Gasteiger partial charge in [-0.3, -0.25) is 4.90 Å². The molecule has 17 heavy (non-hydrogen) atoms. The van der Waals surface area contributed by atoms with Gasteiger partial charge in [0.25, 0.3) is 0 Å². The van der Waals surface area contributed by atoms with Crippen LogP contribution >= 0.6 is 23.7 Å². The molecular weight excluding hydrogens is 254 g/mol. The number of halogens is 1. The molecule has 1 saturated heterocycles. The van der Waals surface area contributed by atoms with E-state index < -0.39 is 0 Å². The van der Waals surface area contributed by atoms with Crippen LogP contribution in [0.3, 0.4) is 0 Å². The summed E-state index contributed by atoms with van der Waals surface area (Å²) in [5, 5.41) is 3.41. The van der Waals surface area contributed by atoms with Gasteiger partial charge >= 0.3 is 0 Å². The zero-order chi connectivity index (χ0) is 11.8. The Morgan fingerprint density at radius 1 is 1.53 bits per heavy atom. The fraction of sp³-hybridized carbons (Fsp3) is 0.750. The number of nitrogens with zero attached hydrogens (tertiary/aromatic N) is 2. The first-order chi connectivity index (χ1) is 7.45. The van der Waals surface area contributed by atoms with E-state index in [2.05, 4.69) is 31.1 Å². The van der Waals surface area contributed by atoms with Gasteiger partial charge in [-0.1, -0.05) is 20.8 Å². The van der Waals surface area contributed by atoms with Crippen molar-refractivity contribution in [3.05, 3.63) is 16.1 Å². The lowest BCUT2D eigenvalue weighted by Gasteiger charge is -2.15. The molecule has 0 amide bonds. The quantitative estimate of drug-likeness (QED) is 0.901. The van der Waals surface area contributed by atoms with E-state index in [0.717, 1.165) is 26.1 Å². The van der Waals surface area contributed by atoms with Gasteiger partial charge < -0.3 is 5.73 Å². The van der Waals surface area contributed by atoms with Crippen molar-refractivity contribution in [2.45, 2.75) is 45.2 Å². The zero-order valence-corrected chi connectivity index (χ0v) is 12.4. The molecule has 1 aliphatic heterocycles. The van der Waals surface area contributed by atoms with E-state index in [0.29, 0.717) is 6.04 Å². The number of hydrogen-bond donors (Lipinski definition) is 1. The maximum Gasteiger partial charge on any atom is 0.0982 e. The summed E-state index contributed by atoms with van der Waals surface area (Å²) in [6, 6.07) is 0.362. The molecule has 2 N–H and O–H groups in total. The molecule has 1 aromatic rings. The summed E-state index contributed by atoms with van der Waals surface area (Å²) in [4.78, 5) is 7.10. The molecule has 0 aliphatic carbocycles. The Hall–Kier alpha value is -0.160. The van der Waals surface area contributed by atoms with Crippen LogP contribution in [-0.4, -0.2) is 29.0 Å². The molecule has 2 rings (SSSR count). The van der Waals surface area contributed by atoms with Crippen molar-refractivity contribution in [2.75, 3.05) is 13.1 Å². The van der Waals surface area contributed by atoms with Crippen LogP contribution in [0.5, 0.6) is 0 Å².